The van der Waals surface area contributed by atoms with Crippen LogP contribution in [0.1, 0.15) is 44.2 Å². The molecule has 41 heavy (non-hydrogen) atoms. The zero-order chi connectivity index (χ0) is 31.0. The van der Waals surface area contributed by atoms with Gasteiger partial charge in [0.05, 0.1) is 21.6 Å². The lowest BCUT2D eigenvalue weighted by Crippen LogP contribution is -2.51. The quantitative estimate of drug-likeness (QED) is 0.248. The lowest BCUT2D eigenvalue weighted by atomic mass is 9.85. The number of nitrogens with two attached hydrogens (primary N) is 1. The Kier molecular flexibility index (Phi) is 9.12. The maximum atomic E-state index is 13.4. The topological polar surface area (TPSA) is 107 Å². The van der Waals surface area contributed by atoms with Crippen molar-refractivity contribution in [1.82, 2.24) is 4.90 Å². The molecular weight excluding hydrogens is 602 g/mol. The van der Waals surface area contributed by atoms with Gasteiger partial charge in [0.2, 0.25) is 5.91 Å². The Morgan fingerprint density at radius 1 is 0.976 bits per heavy atom. The molecule has 1 aliphatic heterocycles. The van der Waals surface area contributed by atoms with Crippen molar-refractivity contribution in [1.29, 1.82) is 0 Å². The minimum Gasteiger partial charge on any atom is -0.433 e. The zero-order valence-corrected chi connectivity index (χ0v) is 23.4. The molecule has 2 N–H and O–H groups in total. The van der Waals surface area contributed by atoms with Crippen LogP contribution in [0.15, 0.2) is 53.4 Å². The summed E-state index contributed by atoms with van der Waals surface area (Å²) in [6.07, 6.45) is -10.7. The zero-order valence-electron chi connectivity index (χ0n) is 21.9. The molecule has 2 aromatic carbocycles. The Labute approximate surface area is 237 Å². The largest absolute Gasteiger partial charge is 0.491 e. The molecule has 0 radical (unpaired) electrons. The Hall–Kier alpha value is -2.84. The van der Waals surface area contributed by atoms with E-state index in [1.165, 1.54) is 43.0 Å². The molecule has 1 saturated heterocycles. The molecule has 0 spiro atoms. The van der Waals surface area contributed by atoms with Gasteiger partial charge in [0.1, 0.15) is 0 Å². The Morgan fingerprint density at radius 2 is 1.54 bits per heavy atom. The third-order valence-electron chi connectivity index (χ3n) is 7.25. The fraction of sp³-hybridized carbons (Fsp3) is 0.462. The van der Waals surface area contributed by atoms with Gasteiger partial charge < -0.3 is 9.64 Å². The second kappa shape index (κ2) is 11.4. The summed E-state index contributed by atoms with van der Waals surface area (Å²) < 4.78 is 108. The molecule has 1 fully saturated rings. The van der Waals surface area contributed by atoms with E-state index < -0.39 is 67.3 Å². The first-order chi connectivity index (χ1) is 18.7. The third-order valence-corrected chi connectivity index (χ3v) is 10.1. The average molecular weight is 629 g/mol. The molecule has 1 atom stereocenters. The van der Waals surface area contributed by atoms with Gasteiger partial charge in [-0.3, -0.25) is 10.5 Å². The highest BCUT2D eigenvalue weighted by Gasteiger charge is 2.48. The number of rotatable bonds is 7. The number of likely N-dealkylation sites (tertiary alicyclic amines) is 1. The molecule has 0 aliphatic carbocycles. The second-order valence-electron chi connectivity index (χ2n) is 10.2. The number of carbonyl (C=O) groups excluding carboxylic acids is 2. The van der Waals surface area contributed by atoms with Crippen molar-refractivity contribution >= 4 is 33.3 Å². The van der Waals surface area contributed by atoms with E-state index >= 15 is 0 Å². The van der Waals surface area contributed by atoms with E-state index in [-0.39, 0.29) is 36.5 Å². The Balaban J connectivity index is 1.77. The van der Waals surface area contributed by atoms with Crippen molar-refractivity contribution in [2.24, 2.45) is 11.7 Å². The summed E-state index contributed by atoms with van der Waals surface area (Å²) in [4.78, 5) is 25.5. The van der Waals surface area contributed by atoms with E-state index in [2.05, 4.69) is 4.74 Å². The molecule has 0 saturated carbocycles. The molecule has 1 heterocycles. The van der Waals surface area contributed by atoms with Crippen molar-refractivity contribution in [3.05, 3.63) is 64.7 Å². The highest BCUT2D eigenvalue weighted by Crippen LogP contribution is 2.40. The number of piperidine rings is 1. The van der Waals surface area contributed by atoms with E-state index in [4.69, 9.17) is 17.3 Å². The SMILES string of the molecule is CC(C)(C1CCN(C(=O)CC(N)(OC(=O)C(F)(F)F)c2ccc(Cl)cc2)CC1)S(=O)(=O)c1cccc(C(F)(F)F)c1. The number of hydrogen-bond acceptors (Lipinski definition) is 6. The molecule has 7 nitrogen and oxygen atoms in total. The summed E-state index contributed by atoms with van der Waals surface area (Å²) >= 11 is 5.82. The molecule has 0 bridgehead atoms. The normalized spacial score (nSPS) is 17.2. The van der Waals surface area contributed by atoms with Crippen LogP contribution in [0.25, 0.3) is 0 Å². The highest BCUT2D eigenvalue weighted by atomic mass is 35.5. The standard InChI is InChI=1S/C26H27ClF6N2O5S/c1-23(2,41(38,39)20-5-3-4-18(14-20)25(28,29)30)16-10-12-35(13-11-16)21(36)15-24(34,40-22(37)26(31,32)33)17-6-8-19(27)9-7-17/h3-9,14,16H,10-13,15,34H2,1-2H3. The molecule has 0 aromatic heterocycles. The minimum absolute atomic E-state index is 0.0189. The van der Waals surface area contributed by atoms with Crippen molar-refractivity contribution in [2.45, 2.75) is 60.8 Å². The van der Waals surface area contributed by atoms with E-state index in [9.17, 15) is 44.3 Å². The van der Waals surface area contributed by atoms with Crippen LogP contribution in [0, 0.1) is 5.92 Å². The van der Waals surface area contributed by atoms with Crippen LogP contribution in [0.2, 0.25) is 5.02 Å². The molecular formula is C26H27ClF6N2O5S. The van der Waals surface area contributed by atoms with Crippen molar-refractivity contribution in [2.75, 3.05) is 13.1 Å². The number of amides is 1. The number of alkyl halides is 6. The van der Waals surface area contributed by atoms with Crippen LogP contribution >= 0.6 is 11.6 Å². The van der Waals surface area contributed by atoms with Crippen LogP contribution in [0.3, 0.4) is 0 Å². The summed E-state index contributed by atoms with van der Waals surface area (Å²) in [6, 6.07) is 8.47. The summed E-state index contributed by atoms with van der Waals surface area (Å²) in [5.41, 5.74) is 2.33. The number of esters is 1. The predicted molar refractivity (Wildman–Crippen MR) is 136 cm³/mol. The van der Waals surface area contributed by atoms with E-state index in [0.29, 0.717) is 6.07 Å². The van der Waals surface area contributed by atoms with Gasteiger partial charge in [-0.25, -0.2) is 13.2 Å². The van der Waals surface area contributed by atoms with Crippen molar-refractivity contribution in [3.8, 4) is 0 Å². The monoisotopic (exact) mass is 628 g/mol. The van der Waals surface area contributed by atoms with Crippen LogP contribution in [0.5, 0.6) is 0 Å². The first-order valence-corrected chi connectivity index (χ1v) is 14.1. The number of nitrogens with zero attached hydrogens (tertiary/aromatic N) is 1. The van der Waals surface area contributed by atoms with Gasteiger partial charge in [0, 0.05) is 23.7 Å². The molecule has 1 amide bonds. The van der Waals surface area contributed by atoms with Gasteiger partial charge in [-0.15, -0.1) is 0 Å². The number of halogens is 7. The Morgan fingerprint density at radius 3 is 2.05 bits per heavy atom. The molecule has 3 rings (SSSR count). The second-order valence-corrected chi connectivity index (χ2v) is 13.2. The fourth-order valence-corrected chi connectivity index (χ4v) is 6.62. The minimum atomic E-state index is -5.38. The van der Waals surface area contributed by atoms with Crippen molar-refractivity contribution in [3.63, 3.8) is 0 Å². The third kappa shape index (κ3) is 7.15. The smallest absolute Gasteiger partial charge is 0.433 e. The maximum Gasteiger partial charge on any atom is 0.491 e. The molecule has 2 aromatic rings. The molecule has 1 aliphatic rings. The van der Waals surface area contributed by atoms with E-state index in [1.807, 2.05) is 0 Å². The van der Waals surface area contributed by atoms with E-state index in [1.54, 1.807) is 0 Å². The Bertz CT molecular complexity index is 1390. The molecule has 15 heteroatoms. The molecule has 226 valence electrons. The van der Waals surface area contributed by atoms with Gasteiger partial charge >= 0.3 is 18.3 Å². The highest BCUT2D eigenvalue weighted by molar-refractivity contribution is 7.92. The maximum absolute atomic E-state index is 13.4. The van der Waals surface area contributed by atoms with Gasteiger partial charge in [0.15, 0.2) is 15.6 Å². The predicted octanol–water partition coefficient (Wildman–Crippen LogP) is 5.46. The van der Waals surface area contributed by atoms with Gasteiger partial charge in [-0.05, 0) is 62.9 Å². The average Bonchev–Trinajstić information content (AvgIpc) is 2.88. The van der Waals surface area contributed by atoms with Gasteiger partial charge in [0.25, 0.3) is 0 Å². The summed E-state index contributed by atoms with van der Waals surface area (Å²) in [5, 5.41) is 0.217. The van der Waals surface area contributed by atoms with Crippen LogP contribution < -0.4 is 5.73 Å². The number of carbonyl (C=O) groups is 2. The summed E-state index contributed by atoms with van der Waals surface area (Å²) in [6.45, 7) is 2.75. The van der Waals surface area contributed by atoms with Crippen molar-refractivity contribution < 1.29 is 49.1 Å². The van der Waals surface area contributed by atoms with Crippen LogP contribution in [0.4, 0.5) is 26.3 Å². The number of benzene rings is 2. The van der Waals surface area contributed by atoms with Gasteiger partial charge in [-0.2, -0.15) is 26.3 Å². The number of hydrogen-bond donors (Lipinski definition) is 1. The van der Waals surface area contributed by atoms with E-state index in [0.717, 1.165) is 18.2 Å². The summed E-state index contributed by atoms with van der Waals surface area (Å²) in [7, 11) is -4.25. The summed E-state index contributed by atoms with van der Waals surface area (Å²) in [5.74, 6) is -3.93. The van der Waals surface area contributed by atoms with Gasteiger partial charge in [-0.1, -0.05) is 29.8 Å². The number of sulfone groups is 1. The fourth-order valence-electron chi connectivity index (χ4n) is 4.68. The number of ether oxygens (including phenoxy) is 1. The lowest BCUT2D eigenvalue weighted by Gasteiger charge is -2.41. The first-order valence-electron chi connectivity index (χ1n) is 12.2. The molecule has 1 unspecified atom stereocenters. The lowest BCUT2D eigenvalue weighted by molar-refractivity contribution is -0.216. The first kappa shape index (κ1) is 32.7. The van der Waals surface area contributed by atoms with Crippen LogP contribution in [-0.4, -0.2) is 49.2 Å². The van der Waals surface area contributed by atoms with Crippen LogP contribution in [-0.2, 0) is 36.1 Å².